The second kappa shape index (κ2) is 5.48. The predicted molar refractivity (Wildman–Crippen MR) is 73.8 cm³/mol. The number of carbonyl (C=O) groups is 1. The summed E-state index contributed by atoms with van der Waals surface area (Å²) in [6.07, 6.45) is 1.12. The van der Waals surface area contributed by atoms with Crippen molar-refractivity contribution in [2.45, 2.75) is 19.8 Å². The zero-order chi connectivity index (χ0) is 13.1. The van der Waals surface area contributed by atoms with E-state index in [0.29, 0.717) is 11.6 Å². The van der Waals surface area contributed by atoms with Crippen LogP contribution < -0.4 is 10.2 Å². The number of anilines is 2. The van der Waals surface area contributed by atoms with Crippen molar-refractivity contribution in [3.05, 3.63) is 22.7 Å². The largest absolute Gasteiger partial charge is 0.481 e. The summed E-state index contributed by atoms with van der Waals surface area (Å²) < 4.78 is 0. The van der Waals surface area contributed by atoms with Crippen molar-refractivity contribution < 1.29 is 9.90 Å². The van der Waals surface area contributed by atoms with Crippen molar-refractivity contribution in [1.82, 2.24) is 0 Å². The van der Waals surface area contributed by atoms with E-state index < -0.39 is 5.97 Å². The zero-order valence-corrected chi connectivity index (χ0v) is 11.1. The number of carboxylic acids is 1. The van der Waals surface area contributed by atoms with E-state index in [2.05, 4.69) is 16.3 Å². The normalized spacial score (nSPS) is 14.7. The first-order valence-corrected chi connectivity index (χ1v) is 6.46. The number of fused-ring (bicyclic) bond motifs is 1. The molecule has 18 heavy (non-hydrogen) atoms. The van der Waals surface area contributed by atoms with Crippen LogP contribution in [-0.2, 0) is 4.79 Å². The van der Waals surface area contributed by atoms with Gasteiger partial charge in [0.15, 0.2) is 0 Å². The summed E-state index contributed by atoms with van der Waals surface area (Å²) in [5.74, 6) is -0.771. The molecule has 5 heteroatoms. The SMILES string of the molecule is Cc1cc(Cl)c2c(c1)N(CCC(=O)O)CCCN2. The standard InChI is InChI=1S/C13H17ClN2O2/c1-9-7-10(14)13-11(8-9)16(5-2-4-15-13)6-3-12(17)18/h7-8,15H,2-6H2,1H3,(H,17,18). The minimum Gasteiger partial charge on any atom is -0.481 e. The average Bonchev–Trinajstić information content (AvgIpc) is 2.48. The number of carboxylic acid groups (broad SMARTS) is 1. The lowest BCUT2D eigenvalue weighted by atomic mass is 10.1. The van der Waals surface area contributed by atoms with Crippen LogP contribution in [0.1, 0.15) is 18.4 Å². The summed E-state index contributed by atoms with van der Waals surface area (Å²) in [5.41, 5.74) is 3.02. The second-order valence-corrected chi connectivity index (χ2v) is 4.96. The van der Waals surface area contributed by atoms with Gasteiger partial charge in [0, 0.05) is 19.6 Å². The summed E-state index contributed by atoms with van der Waals surface area (Å²) in [5, 5.41) is 12.8. The number of halogens is 1. The van der Waals surface area contributed by atoms with Gasteiger partial charge in [0.2, 0.25) is 0 Å². The minimum atomic E-state index is -0.771. The number of nitrogens with one attached hydrogen (secondary N) is 1. The molecule has 1 aliphatic rings. The molecule has 2 N–H and O–H groups in total. The van der Waals surface area contributed by atoms with Crippen LogP contribution in [0.3, 0.4) is 0 Å². The van der Waals surface area contributed by atoms with E-state index in [1.807, 2.05) is 13.0 Å². The lowest BCUT2D eigenvalue weighted by Crippen LogP contribution is -2.26. The molecule has 1 heterocycles. The number of aliphatic carboxylic acids is 1. The van der Waals surface area contributed by atoms with Gasteiger partial charge in [-0.15, -0.1) is 0 Å². The molecule has 0 aliphatic carbocycles. The van der Waals surface area contributed by atoms with Crippen LogP contribution in [0.15, 0.2) is 12.1 Å². The topological polar surface area (TPSA) is 52.6 Å². The first kappa shape index (κ1) is 13.0. The maximum Gasteiger partial charge on any atom is 0.305 e. The van der Waals surface area contributed by atoms with E-state index in [1.165, 1.54) is 0 Å². The van der Waals surface area contributed by atoms with Crippen LogP contribution >= 0.6 is 11.6 Å². The molecule has 2 rings (SSSR count). The number of hydrogen-bond acceptors (Lipinski definition) is 3. The molecule has 0 amide bonds. The van der Waals surface area contributed by atoms with Crippen molar-refractivity contribution in [2.75, 3.05) is 29.9 Å². The fraction of sp³-hybridized carbons (Fsp3) is 0.462. The number of hydrogen-bond donors (Lipinski definition) is 2. The second-order valence-electron chi connectivity index (χ2n) is 4.55. The highest BCUT2D eigenvalue weighted by atomic mass is 35.5. The Morgan fingerprint density at radius 2 is 2.33 bits per heavy atom. The summed E-state index contributed by atoms with van der Waals surface area (Å²) in [4.78, 5) is 12.8. The van der Waals surface area contributed by atoms with Gasteiger partial charge in [0.25, 0.3) is 0 Å². The Hall–Kier alpha value is -1.42. The lowest BCUT2D eigenvalue weighted by molar-refractivity contribution is -0.136. The first-order valence-electron chi connectivity index (χ1n) is 6.08. The van der Waals surface area contributed by atoms with Crippen molar-refractivity contribution >= 4 is 28.9 Å². The van der Waals surface area contributed by atoms with Gasteiger partial charge in [-0.2, -0.15) is 0 Å². The van der Waals surface area contributed by atoms with Crippen molar-refractivity contribution in [1.29, 1.82) is 0 Å². The highest BCUT2D eigenvalue weighted by molar-refractivity contribution is 6.34. The molecule has 98 valence electrons. The molecule has 0 atom stereocenters. The quantitative estimate of drug-likeness (QED) is 0.885. The Balaban J connectivity index is 2.31. The van der Waals surface area contributed by atoms with Crippen molar-refractivity contribution in [3.63, 3.8) is 0 Å². The van der Waals surface area contributed by atoms with Gasteiger partial charge in [0.05, 0.1) is 22.8 Å². The summed E-state index contributed by atoms with van der Waals surface area (Å²) in [6.45, 7) is 4.22. The third kappa shape index (κ3) is 2.88. The molecular formula is C13H17ClN2O2. The fourth-order valence-electron chi connectivity index (χ4n) is 2.21. The highest BCUT2D eigenvalue weighted by Gasteiger charge is 2.18. The predicted octanol–water partition coefficient (Wildman–Crippen LogP) is 2.75. The molecule has 4 nitrogen and oxygen atoms in total. The first-order chi connectivity index (χ1) is 8.58. The number of benzene rings is 1. The molecule has 0 aromatic heterocycles. The summed E-state index contributed by atoms with van der Waals surface area (Å²) in [6, 6.07) is 3.98. The van der Waals surface area contributed by atoms with Crippen LogP contribution in [0.25, 0.3) is 0 Å². The van der Waals surface area contributed by atoms with Crippen LogP contribution in [0.5, 0.6) is 0 Å². The van der Waals surface area contributed by atoms with Crippen LogP contribution in [0.4, 0.5) is 11.4 Å². The Labute approximate surface area is 112 Å². The minimum absolute atomic E-state index is 0.144. The van der Waals surface area contributed by atoms with E-state index in [0.717, 1.165) is 36.4 Å². The highest BCUT2D eigenvalue weighted by Crippen LogP contribution is 2.36. The average molecular weight is 269 g/mol. The van der Waals surface area contributed by atoms with Gasteiger partial charge >= 0.3 is 5.97 Å². The van der Waals surface area contributed by atoms with Crippen LogP contribution in [-0.4, -0.2) is 30.7 Å². The molecule has 0 spiro atoms. The summed E-state index contributed by atoms with van der Waals surface area (Å²) >= 11 is 6.24. The van der Waals surface area contributed by atoms with Gasteiger partial charge in [-0.1, -0.05) is 11.6 Å². The molecule has 0 unspecified atom stereocenters. The molecule has 0 bridgehead atoms. The third-order valence-electron chi connectivity index (χ3n) is 3.06. The van der Waals surface area contributed by atoms with Crippen molar-refractivity contribution in [2.24, 2.45) is 0 Å². The molecule has 1 aromatic rings. The Bertz CT molecular complexity index is 463. The Morgan fingerprint density at radius 1 is 1.56 bits per heavy atom. The number of rotatable bonds is 3. The van der Waals surface area contributed by atoms with Crippen molar-refractivity contribution in [3.8, 4) is 0 Å². The third-order valence-corrected chi connectivity index (χ3v) is 3.35. The van der Waals surface area contributed by atoms with E-state index in [9.17, 15) is 4.79 Å². The molecule has 0 saturated carbocycles. The monoisotopic (exact) mass is 268 g/mol. The molecule has 0 fully saturated rings. The molecule has 0 radical (unpaired) electrons. The molecular weight excluding hydrogens is 252 g/mol. The molecule has 1 aromatic carbocycles. The smallest absolute Gasteiger partial charge is 0.305 e. The number of aryl methyl sites for hydroxylation is 1. The van der Waals surface area contributed by atoms with Gasteiger partial charge in [0.1, 0.15) is 0 Å². The maximum absolute atomic E-state index is 10.7. The van der Waals surface area contributed by atoms with E-state index in [4.69, 9.17) is 16.7 Å². The number of nitrogens with zero attached hydrogens (tertiary/aromatic N) is 1. The lowest BCUT2D eigenvalue weighted by Gasteiger charge is -2.24. The van der Waals surface area contributed by atoms with Gasteiger partial charge < -0.3 is 15.3 Å². The van der Waals surface area contributed by atoms with E-state index in [-0.39, 0.29) is 6.42 Å². The van der Waals surface area contributed by atoms with Gasteiger partial charge in [-0.05, 0) is 31.0 Å². The fourth-order valence-corrected chi connectivity index (χ4v) is 2.55. The van der Waals surface area contributed by atoms with Crippen LogP contribution in [0.2, 0.25) is 5.02 Å². The van der Waals surface area contributed by atoms with E-state index in [1.54, 1.807) is 0 Å². The molecule has 1 aliphatic heterocycles. The zero-order valence-electron chi connectivity index (χ0n) is 10.4. The van der Waals surface area contributed by atoms with Crippen LogP contribution in [0, 0.1) is 6.92 Å². The molecule has 0 saturated heterocycles. The Kier molecular flexibility index (Phi) is 3.97. The van der Waals surface area contributed by atoms with E-state index >= 15 is 0 Å². The van der Waals surface area contributed by atoms with Gasteiger partial charge in [-0.25, -0.2) is 0 Å². The summed E-state index contributed by atoms with van der Waals surface area (Å²) in [7, 11) is 0. The Morgan fingerprint density at radius 3 is 3.06 bits per heavy atom. The van der Waals surface area contributed by atoms with Gasteiger partial charge in [-0.3, -0.25) is 4.79 Å². The maximum atomic E-state index is 10.7.